The Kier molecular flexibility index (Phi) is 5.36. The van der Waals surface area contributed by atoms with Gasteiger partial charge in [0.25, 0.3) is 0 Å². The molecule has 0 fully saturated rings. The number of nitrogens with zero attached hydrogens (tertiary/aromatic N) is 3. The van der Waals surface area contributed by atoms with Crippen LogP contribution < -0.4 is 5.73 Å². The molecule has 0 bridgehead atoms. The van der Waals surface area contributed by atoms with Crippen LogP contribution in [0.2, 0.25) is 0 Å². The molecule has 0 aromatic carbocycles. The summed E-state index contributed by atoms with van der Waals surface area (Å²) in [6.45, 7) is -0.450. The normalized spacial score (nSPS) is 12.0. The zero-order valence-corrected chi connectivity index (χ0v) is 9.28. The second-order valence-electron chi connectivity index (χ2n) is 3.53. The first-order valence-electron chi connectivity index (χ1n) is 5.25. The van der Waals surface area contributed by atoms with Gasteiger partial charge in [-0.15, -0.1) is 5.10 Å². The number of nitrogens with two attached hydrogens (primary N) is 1. The van der Waals surface area contributed by atoms with Crippen LogP contribution in [0.5, 0.6) is 0 Å². The van der Waals surface area contributed by atoms with Gasteiger partial charge < -0.3 is 10.5 Å². The average molecular weight is 252 g/mol. The molecule has 0 radical (unpaired) electrons. The van der Waals surface area contributed by atoms with Gasteiger partial charge in [0.05, 0.1) is 18.8 Å². The van der Waals surface area contributed by atoms with E-state index in [0.29, 0.717) is 6.54 Å². The van der Waals surface area contributed by atoms with Crippen molar-refractivity contribution in [2.45, 2.75) is 25.6 Å². The fourth-order valence-corrected chi connectivity index (χ4v) is 1.19. The molecule has 98 valence electrons. The zero-order chi connectivity index (χ0) is 12.7. The van der Waals surface area contributed by atoms with Gasteiger partial charge in [-0.05, 0) is 19.4 Å². The van der Waals surface area contributed by atoms with Gasteiger partial charge in [-0.25, -0.2) is 4.68 Å². The van der Waals surface area contributed by atoms with Crippen molar-refractivity contribution in [2.75, 3.05) is 19.8 Å². The zero-order valence-electron chi connectivity index (χ0n) is 9.28. The number of ether oxygens (including phenoxy) is 1. The molecule has 5 nitrogen and oxygen atoms in total. The Balaban J connectivity index is 2.21. The van der Waals surface area contributed by atoms with Gasteiger partial charge in [0.15, 0.2) is 0 Å². The van der Waals surface area contributed by atoms with Crippen molar-refractivity contribution in [3.8, 4) is 0 Å². The van der Waals surface area contributed by atoms with E-state index in [9.17, 15) is 13.2 Å². The Bertz CT molecular complexity index is 326. The van der Waals surface area contributed by atoms with Crippen LogP contribution >= 0.6 is 0 Å². The number of alkyl halides is 3. The van der Waals surface area contributed by atoms with Crippen LogP contribution in [0.3, 0.4) is 0 Å². The first kappa shape index (κ1) is 13.9. The summed E-state index contributed by atoms with van der Waals surface area (Å²) in [7, 11) is 0. The lowest BCUT2D eigenvalue weighted by Crippen LogP contribution is -2.19. The summed E-state index contributed by atoms with van der Waals surface area (Å²) in [5, 5.41) is 7.63. The van der Waals surface area contributed by atoms with Gasteiger partial charge in [-0.3, -0.25) is 0 Å². The van der Waals surface area contributed by atoms with Gasteiger partial charge in [-0.2, -0.15) is 13.2 Å². The van der Waals surface area contributed by atoms with Crippen LogP contribution in [0.1, 0.15) is 12.1 Å². The van der Waals surface area contributed by atoms with Crippen LogP contribution in [-0.2, 0) is 17.7 Å². The maximum atomic E-state index is 11.8. The Labute approximate surface area is 96.7 Å². The van der Waals surface area contributed by atoms with Gasteiger partial charge in [-0.1, -0.05) is 5.21 Å². The molecule has 1 heterocycles. The van der Waals surface area contributed by atoms with Crippen LogP contribution in [-0.4, -0.2) is 40.9 Å². The first-order chi connectivity index (χ1) is 8.01. The Morgan fingerprint density at radius 1 is 1.41 bits per heavy atom. The number of rotatable bonds is 7. The minimum atomic E-state index is -4.28. The quantitative estimate of drug-likeness (QED) is 0.727. The Morgan fingerprint density at radius 2 is 2.18 bits per heavy atom. The molecular weight excluding hydrogens is 237 g/mol. The fraction of sp³-hybridized carbons (Fsp3) is 0.778. The van der Waals surface area contributed by atoms with E-state index in [1.165, 1.54) is 4.68 Å². The van der Waals surface area contributed by atoms with Crippen LogP contribution in [0.25, 0.3) is 0 Å². The highest BCUT2D eigenvalue weighted by Gasteiger charge is 2.27. The molecule has 8 heteroatoms. The van der Waals surface area contributed by atoms with E-state index in [2.05, 4.69) is 15.0 Å². The predicted octanol–water partition coefficient (Wildman–Crippen LogP) is 0.748. The SMILES string of the molecule is NCCCc1cn(CCOCC(F)(F)F)nn1. The Hall–Kier alpha value is -1.15. The molecule has 1 rings (SSSR count). The summed E-state index contributed by atoms with van der Waals surface area (Å²) < 4.78 is 41.2. The van der Waals surface area contributed by atoms with Gasteiger partial charge in [0.2, 0.25) is 0 Å². The maximum Gasteiger partial charge on any atom is 0.411 e. The molecule has 0 atom stereocenters. The summed E-state index contributed by atoms with van der Waals surface area (Å²) in [4.78, 5) is 0. The standard InChI is InChI=1S/C9H15F3N4O/c10-9(11,12)7-17-5-4-16-6-8(14-15-16)2-1-3-13/h6H,1-5,7,13H2. The van der Waals surface area contributed by atoms with Crippen molar-refractivity contribution in [1.82, 2.24) is 15.0 Å². The topological polar surface area (TPSA) is 66.0 Å². The first-order valence-corrected chi connectivity index (χ1v) is 5.25. The number of aromatic nitrogens is 3. The third-order valence-corrected chi connectivity index (χ3v) is 1.95. The lowest BCUT2D eigenvalue weighted by Gasteiger charge is -2.06. The monoisotopic (exact) mass is 252 g/mol. The minimum Gasteiger partial charge on any atom is -0.370 e. The molecule has 0 spiro atoms. The number of hydrogen-bond acceptors (Lipinski definition) is 4. The van der Waals surface area contributed by atoms with Crippen molar-refractivity contribution in [2.24, 2.45) is 5.73 Å². The number of hydrogen-bond donors (Lipinski definition) is 1. The smallest absolute Gasteiger partial charge is 0.370 e. The molecule has 17 heavy (non-hydrogen) atoms. The molecule has 0 amide bonds. The van der Waals surface area contributed by atoms with Crippen molar-refractivity contribution in [1.29, 1.82) is 0 Å². The molecule has 0 saturated carbocycles. The van der Waals surface area contributed by atoms with Crippen LogP contribution in [0.15, 0.2) is 6.20 Å². The number of halogens is 3. The summed E-state index contributed by atoms with van der Waals surface area (Å²) >= 11 is 0. The molecule has 1 aromatic heterocycles. The molecule has 0 aliphatic rings. The summed E-state index contributed by atoms with van der Waals surface area (Å²) in [6.07, 6.45) is -1.07. The van der Waals surface area contributed by atoms with E-state index in [0.717, 1.165) is 18.5 Å². The molecule has 0 aliphatic heterocycles. The highest BCUT2D eigenvalue weighted by atomic mass is 19.4. The third-order valence-electron chi connectivity index (χ3n) is 1.95. The lowest BCUT2D eigenvalue weighted by molar-refractivity contribution is -0.174. The van der Waals surface area contributed by atoms with Crippen molar-refractivity contribution in [3.63, 3.8) is 0 Å². The second kappa shape index (κ2) is 6.55. The summed E-state index contributed by atoms with van der Waals surface area (Å²) in [5.74, 6) is 0. The minimum absolute atomic E-state index is 0.0425. The van der Waals surface area contributed by atoms with E-state index in [1.54, 1.807) is 6.20 Å². The average Bonchev–Trinajstić information content (AvgIpc) is 2.68. The fourth-order valence-electron chi connectivity index (χ4n) is 1.19. The van der Waals surface area contributed by atoms with Crippen molar-refractivity contribution in [3.05, 3.63) is 11.9 Å². The maximum absolute atomic E-state index is 11.8. The van der Waals surface area contributed by atoms with Gasteiger partial charge >= 0.3 is 6.18 Å². The van der Waals surface area contributed by atoms with E-state index < -0.39 is 12.8 Å². The molecular formula is C9H15F3N4O. The van der Waals surface area contributed by atoms with E-state index >= 15 is 0 Å². The molecule has 0 unspecified atom stereocenters. The third kappa shape index (κ3) is 6.22. The van der Waals surface area contributed by atoms with Gasteiger partial charge in [0, 0.05) is 6.20 Å². The predicted molar refractivity (Wildman–Crippen MR) is 54.3 cm³/mol. The van der Waals surface area contributed by atoms with E-state index in [4.69, 9.17) is 5.73 Å². The van der Waals surface area contributed by atoms with Crippen molar-refractivity contribution >= 4 is 0 Å². The molecule has 2 N–H and O–H groups in total. The highest BCUT2D eigenvalue weighted by molar-refractivity contribution is 4.92. The van der Waals surface area contributed by atoms with E-state index in [-0.39, 0.29) is 13.2 Å². The summed E-state index contributed by atoms with van der Waals surface area (Å²) in [5.41, 5.74) is 6.12. The van der Waals surface area contributed by atoms with Crippen LogP contribution in [0.4, 0.5) is 13.2 Å². The van der Waals surface area contributed by atoms with Crippen LogP contribution in [0, 0.1) is 0 Å². The number of aryl methyl sites for hydroxylation is 1. The largest absolute Gasteiger partial charge is 0.411 e. The molecule has 0 saturated heterocycles. The lowest BCUT2D eigenvalue weighted by atomic mass is 10.2. The highest BCUT2D eigenvalue weighted by Crippen LogP contribution is 2.14. The molecule has 1 aromatic rings. The van der Waals surface area contributed by atoms with E-state index in [1.807, 2.05) is 0 Å². The van der Waals surface area contributed by atoms with Crippen molar-refractivity contribution < 1.29 is 17.9 Å². The molecule has 0 aliphatic carbocycles. The second-order valence-corrected chi connectivity index (χ2v) is 3.53. The summed E-state index contributed by atoms with van der Waals surface area (Å²) in [6, 6.07) is 0. The Morgan fingerprint density at radius 3 is 2.82 bits per heavy atom. The van der Waals surface area contributed by atoms with Gasteiger partial charge in [0.1, 0.15) is 6.61 Å².